The highest BCUT2D eigenvalue weighted by Crippen LogP contribution is 2.22. The van der Waals surface area contributed by atoms with Crippen LogP contribution in [0.4, 0.5) is 4.39 Å². The normalized spacial score (nSPS) is 12.5. The molecule has 144 valence electrons. The molecular formula is C17H14ClFN6O3. The second-order valence-corrected chi connectivity index (χ2v) is 6.61. The van der Waals surface area contributed by atoms with Gasteiger partial charge in [-0.3, -0.25) is 9.36 Å². The van der Waals surface area contributed by atoms with Crippen molar-refractivity contribution >= 4 is 22.8 Å². The first-order chi connectivity index (χ1) is 13.4. The van der Waals surface area contributed by atoms with E-state index in [0.29, 0.717) is 21.7 Å². The lowest BCUT2D eigenvalue weighted by atomic mass is 10.1. The summed E-state index contributed by atoms with van der Waals surface area (Å²) in [6.07, 6.45) is 1.28. The van der Waals surface area contributed by atoms with E-state index in [1.54, 1.807) is 29.8 Å². The minimum absolute atomic E-state index is 0.0336. The van der Waals surface area contributed by atoms with E-state index in [-0.39, 0.29) is 24.5 Å². The molecule has 0 aliphatic rings. The molecule has 0 saturated carbocycles. The smallest absolute Gasteiger partial charge is 0.390 e. The summed E-state index contributed by atoms with van der Waals surface area (Å²) in [5, 5.41) is 4.37. The highest BCUT2D eigenvalue weighted by molar-refractivity contribution is 6.30. The van der Waals surface area contributed by atoms with E-state index in [0.717, 1.165) is 4.68 Å². The summed E-state index contributed by atoms with van der Waals surface area (Å²) < 4.78 is 23.2. The van der Waals surface area contributed by atoms with Crippen molar-refractivity contribution in [1.82, 2.24) is 28.9 Å². The average molecular weight is 405 g/mol. The molecule has 4 rings (SSSR count). The van der Waals surface area contributed by atoms with E-state index in [1.807, 2.05) is 0 Å². The molecule has 0 fully saturated rings. The predicted molar refractivity (Wildman–Crippen MR) is 97.9 cm³/mol. The fourth-order valence-corrected chi connectivity index (χ4v) is 3.02. The van der Waals surface area contributed by atoms with Crippen LogP contribution in [0.3, 0.4) is 0 Å². The average Bonchev–Trinajstić information content (AvgIpc) is 3.20. The molecule has 0 amide bonds. The summed E-state index contributed by atoms with van der Waals surface area (Å²) in [4.78, 5) is 32.6. The number of rotatable bonds is 5. The molecule has 9 nitrogen and oxygen atoms in total. The third-order valence-corrected chi connectivity index (χ3v) is 4.43. The van der Waals surface area contributed by atoms with Gasteiger partial charge in [-0.25, -0.2) is 19.2 Å². The lowest BCUT2D eigenvalue weighted by Gasteiger charge is -2.07. The molecular weight excluding hydrogens is 391 g/mol. The van der Waals surface area contributed by atoms with Crippen LogP contribution in [0.5, 0.6) is 0 Å². The fraction of sp³-hybridized carbons (Fsp3) is 0.235. The monoisotopic (exact) mass is 404 g/mol. The molecule has 0 unspecified atom stereocenters. The Kier molecular flexibility index (Phi) is 4.55. The number of nitrogens with zero attached hydrogens (tertiary/aromatic N) is 6. The van der Waals surface area contributed by atoms with Crippen molar-refractivity contribution in [2.45, 2.75) is 19.3 Å². The van der Waals surface area contributed by atoms with Gasteiger partial charge in [0.05, 0.1) is 12.9 Å². The van der Waals surface area contributed by atoms with Gasteiger partial charge in [-0.05, 0) is 17.7 Å². The zero-order chi connectivity index (χ0) is 19.8. The number of aromatic nitrogens is 6. The first-order valence-electron chi connectivity index (χ1n) is 8.25. The molecule has 11 heteroatoms. The Hall–Kier alpha value is -3.27. The summed E-state index contributed by atoms with van der Waals surface area (Å²) >= 11 is 5.86. The van der Waals surface area contributed by atoms with Gasteiger partial charge in [0.25, 0.3) is 5.56 Å². The maximum atomic E-state index is 14.5. The Morgan fingerprint density at radius 2 is 2.04 bits per heavy atom. The summed E-state index contributed by atoms with van der Waals surface area (Å²) in [6, 6.07) is 6.29. The van der Waals surface area contributed by atoms with Crippen molar-refractivity contribution in [2.24, 2.45) is 7.05 Å². The standard InChI is InChI=1S/C17H14ClFN6O3/c1-23-8-20-15-14(23)16(26)24(9-21-15)7-13-22-25(17(27)28-13)6-12(19)10-3-2-4-11(18)5-10/h2-5,8-9,12H,6-7H2,1H3/t12-/m0/s1. The minimum atomic E-state index is -1.50. The topological polar surface area (TPSA) is 101 Å². The fourth-order valence-electron chi connectivity index (χ4n) is 2.82. The van der Waals surface area contributed by atoms with Gasteiger partial charge >= 0.3 is 5.76 Å². The van der Waals surface area contributed by atoms with Gasteiger partial charge in [0.1, 0.15) is 19.0 Å². The zero-order valence-corrected chi connectivity index (χ0v) is 15.4. The molecule has 0 bridgehead atoms. The molecule has 0 radical (unpaired) electrons. The minimum Gasteiger partial charge on any atom is -0.390 e. The van der Waals surface area contributed by atoms with Gasteiger partial charge in [0.15, 0.2) is 11.2 Å². The Balaban J connectivity index is 1.58. The summed E-state index contributed by atoms with van der Waals surface area (Å²) in [6.45, 7) is -0.458. The number of imidazole rings is 1. The van der Waals surface area contributed by atoms with Gasteiger partial charge in [0.2, 0.25) is 5.89 Å². The van der Waals surface area contributed by atoms with Gasteiger partial charge in [-0.1, -0.05) is 23.7 Å². The molecule has 28 heavy (non-hydrogen) atoms. The van der Waals surface area contributed by atoms with Crippen LogP contribution in [-0.2, 0) is 20.1 Å². The highest BCUT2D eigenvalue weighted by atomic mass is 35.5. The van der Waals surface area contributed by atoms with Crippen molar-refractivity contribution in [3.63, 3.8) is 0 Å². The number of halogens is 2. The molecule has 1 atom stereocenters. The van der Waals surface area contributed by atoms with Crippen molar-refractivity contribution in [3.8, 4) is 0 Å². The molecule has 0 saturated heterocycles. The zero-order valence-electron chi connectivity index (χ0n) is 14.6. The number of hydrogen-bond acceptors (Lipinski definition) is 6. The summed E-state index contributed by atoms with van der Waals surface area (Å²) in [7, 11) is 1.68. The lowest BCUT2D eigenvalue weighted by Crippen LogP contribution is -2.23. The number of alkyl halides is 1. The van der Waals surface area contributed by atoms with Crippen LogP contribution in [0, 0.1) is 0 Å². The molecule has 3 heterocycles. The molecule has 0 spiro atoms. The number of aryl methyl sites for hydroxylation is 1. The number of fused-ring (bicyclic) bond motifs is 1. The summed E-state index contributed by atoms with van der Waals surface area (Å²) in [5.74, 6) is -0.851. The van der Waals surface area contributed by atoms with Crippen molar-refractivity contribution < 1.29 is 8.81 Å². The maximum Gasteiger partial charge on any atom is 0.437 e. The third-order valence-electron chi connectivity index (χ3n) is 4.20. The van der Waals surface area contributed by atoms with Gasteiger partial charge < -0.3 is 8.98 Å². The highest BCUT2D eigenvalue weighted by Gasteiger charge is 2.17. The van der Waals surface area contributed by atoms with E-state index in [2.05, 4.69) is 15.1 Å². The first-order valence-corrected chi connectivity index (χ1v) is 8.63. The van der Waals surface area contributed by atoms with E-state index in [4.69, 9.17) is 16.0 Å². The van der Waals surface area contributed by atoms with Crippen LogP contribution < -0.4 is 11.3 Å². The molecule has 0 N–H and O–H groups in total. The largest absolute Gasteiger partial charge is 0.437 e. The van der Waals surface area contributed by atoms with E-state index < -0.39 is 11.9 Å². The number of benzene rings is 1. The summed E-state index contributed by atoms with van der Waals surface area (Å²) in [5.41, 5.74) is 0.599. The van der Waals surface area contributed by atoms with Crippen LogP contribution in [0.2, 0.25) is 5.02 Å². The van der Waals surface area contributed by atoms with Crippen LogP contribution in [0.25, 0.3) is 11.2 Å². The molecule has 0 aliphatic carbocycles. The van der Waals surface area contributed by atoms with E-state index >= 15 is 0 Å². The Morgan fingerprint density at radius 3 is 2.82 bits per heavy atom. The SMILES string of the molecule is Cn1cnc2ncn(Cc3nn(C[C@H](F)c4cccc(Cl)c4)c(=O)o3)c(=O)c21. The van der Waals surface area contributed by atoms with Gasteiger partial charge in [0, 0.05) is 12.1 Å². The van der Waals surface area contributed by atoms with Crippen molar-refractivity contribution in [3.05, 3.63) is 74.3 Å². The Morgan fingerprint density at radius 1 is 1.25 bits per heavy atom. The van der Waals surface area contributed by atoms with Crippen LogP contribution in [-0.4, -0.2) is 28.9 Å². The van der Waals surface area contributed by atoms with E-state index in [1.165, 1.54) is 23.3 Å². The van der Waals surface area contributed by atoms with Crippen molar-refractivity contribution in [2.75, 3.05) is 0 Å². The number of hydrogen-bond donors (Lipinski definition) is 0. The van der Waals surface area contributed by atoms with Crippen LogP contribution in [0.15, 0.2) is 50.9 Å². The second kappa shape index (κ2) is 7.04. The van der Waals surface area contributed by atoms with Crippen LogP contribution >= 0.6 is 11.6 Å². The van der Waals surface area contributed by atoms with Gasteiger partial charge in [-0.2, -0.15) is 4.68 Å². The first kappa shape index (κ1) is 18.1. The Labute approximate surface area is 161 Å². The van der Waals surface area contributed by atoms with Gasteiger partial charge in [-0.15, -0.1) is 5.10 Å². The third kappa shape index (κ3) is 3.33. The van der Waals surface area contributed by atoms with Crippen molar-refractivity contribution in [1.29, 1.82) is 0 Å². The van der Waals surface area contributed by atoms with Crippen LogP contribution in [0.1, 0.15) is 17.6 Å². The quantitative estimate of drug-likeness (QED) is 0.501. The predicted octanol–water partition coefficient (Wildman–Crippen LogP) is 1.69. The molecule has 4 aromatic rings. The molecule has 0 aliphatic heterocycles. The van der Waals surface area contributed by atoms with E-state index in [9.17, 15) is 14.0 Å². The lowest BCUT2D eigenvalue weighted by molar-refractivity contribution is 0.283. The Bertz CT molecular complexity index is 1270. The maximum absolute atomic E-state index is 14.5. The molecule has 3 aromatic heterocycles. The second-order valence-electron chi connectivity index (χ2n) is 6.17. The molecule has 1 aromatic carbocycles.